The number of hydrogen-bond acceptors (Lipinski definition) is 9. The summed E-state index contributed by atoms with van der Waals surface area (Å²) in [6.45, 7) is 2.11. The molecule has 1 atom stereocenters. The van der Waals surface area contributed by atoms with Crippen LogP contribution in [0.1, 0.15) is 24.2 Å². The molecule has 0 aliphatic carbocycles. The van der Waals surface area contributed by atoms with Crippen molar-refractivity contribution in [3.63, 3.8) is 0 Å². The molecule has 2 aromatic heterocycles. The fraction of sp³-hybridized carbons (Fsp3) is 0.643. The van der Waals surface area contributed by atoms with Crippen molar-refractivity contribution < 1.29 is 24.2 Å². The first-order valence-corrected chi connectivity index (χ1v) is 8.75. The SMILES string of the molecule is COCCn1nnc(C2CN(C(=O)CCc3nc(Cl)n[nH]3)CCO2)n1.O=CO. The first-order chi connectivity index (χ1) is 13.6. The van der Waals surface area contributed by atoms with Gasteiger partial charge in [0.05, 0.1) is 26.3 Å². The number of nitrogens with zero attached hydrogens (tertiary/aromatic N) is 7. The van der Waals surface area contributed by atoms with Crippen LogP contribution >= 0.6 is 11.6 Å². The summed E-state index contributed by atoms with van der Waals surface area (Å²) in [5.41, 5.74) is 0. The fourth-order valence-electron chi connectivity index (χ4n) is 2.45. The van der Waals surface area contributed by atoms with Crippen LogP contribution in [-0.4, -0.2) is 91.2 Å². The zero-order valence-electron chi connectivity index (χ0n) is 15.2. The number of ether oxygens (including phenoxy) is 2. The maximum atomic E-state index is 12.4. The molecule has 1 amide bonds. The predicted octanol–water partition coefficient (Wildman–Crippen LogP) is -0.675. The lowest BCUT2D eigenvalue weighted by Gasteiger charge is -2.31. The maximum Gasteiger partial charge on any atom is 0.290 e. The predicted molar refractivity (Wildman–Crippen MR) is 93.4 cm³/mol. The van der Waals surface area contributed by atoms with Crippen molar-refractivity contribution in [3.05, 3.63) is 16.9 Å². The minimum absolute atomic E-state index is 0.00703. The molecule has 0 saturated carbocycles. The van der Waals surface area contributed by atoms with Gasteiger partial charge in [-0.15, -0.1) is 15.3 Å². The molecule has 14 heteroatoms. The number of carboxylic acid groups (broad SMARTS) is 1. The highest BCUT2D eigenvalue weighted by molar-refractivity contribution is 6.28. The van der Waals surface area contributed by atoms with Crippen LogP contribution < -0.4 is 0 Å². The van der Waals surface area contributed by atoms with E-state index >= 15 is 0 Å². The number of aryl methyl sites for hydroxylation is 1. The van der Waals surface area contributed by atoms with Gasteiger partial charge in [0.25, 0.3) is 6.47 Å². The average Bonchev–Trinajstić information content (AvgIpc) is 3.34. The van der Waals surface area contributed by atoms with Crippen LogP contribution in [0.15, 0.2) is 0 Å². The number of halogens is 1. The summed E-state index contributed by atoms with van der Waals surface area (Å²) in [5.74, 6) is 1.06. The normalized spacial score (nSPS) is 16.4. The molecule has 3 rings (SSSR count). The van der Waals surface area contributed by atoms with Crippen LogP contribution in [0.4, 0.5) is 0 Å². The van der Waals surface area contributed by atoms with Gasteiger partial charge in [0.1, 0.15) is 11.9 Å². The van der Waals surface area contributed by atoms with Crippen molar-refractivity contribution in [1.82, 2.24) is 40.3 Å². The maximum absolute atomic E-state index is 12.4. The molecule has 154 valence electrons. The van der Waals surface area contributed by atoms with Crippen molar-refractivity contribution >= 4 is 24.0 Å². The Morgan fingerprint density at radius 2 is 2.32 bits per heavy atom. The van der Waals surface area contributed by atoms with E-state index in [1.165, 1.54) is 4.80 Å². The molecule has 0 spiro atoms. The van der Waals surface area contributed by atoms with Gasteiger partial charge in [0.2, 0.25) is 17.0 Å². The number of hydrogen-bond donors (Lipinski definition) is 2. The zero-order valence-corrected chi connectivity index (χ0v) is 15.9. The molecule has 0 aromatic carbocycles. The molecule has 1 saturated heterocycles. The number of rotatable bonds is 7. The monoisotopic (exact) mass is 416 g/mol. The van der Waals surface area contributed by atoms with Gasteiger partial charge in [0, 0.05) is 26.5 Å². The van der Waals surface area contributed by atoms with Gasteiger partial charge >= 0.3 is 0 Å². The number of methoxy groups -OCH3 is 1. The summed E-state index contributed by atoms with van der Waals surface area (Å²) >= 11 is 5.65. The van der Waals surface area contributed by atoms with Gasteiger partial charge in [-0.05, 0) is 16.8 Å². The zero-order chi connectivity index (χ0) is 20.4. The molecule has 1 fully saturated rings. The summed E-state index contributed by atoms with van der Waals surface area (Å²) < 4.78 is 10.7. The first kappa shape index (κ1) is 21.7. The summed E-state index contributed by atoms with van der Waals surface area (Å²) in [7, 11) is 1.61. The third kappa shape index (κ3) is 6.51. The number of aromatic nitrogens is 7. The average molecular weight is 417 g/mol. The van der Waals surface area contributed by atoms with Crippen LogP contribution in [0, 0.1) is 0 Å². The molecule has 0 radical (unpaired) electrons. The highest BCUT2D eigenvalue weighted by Crippen LogP contribution is 2.19. The van der Waals surface area contributed by atoms with E-state index in [0.29, 0.717) is 57.3 Å². The standard InChI is InChI=1S/C13H19ClN8O3.CH2O2/c1-24-6-5-22-19-12(17-20-22)9-8-21(4-7-25-9)11(23)3-2-10-15-13(14)18-16-10;2-1-3/h9H,2-8H2,1H3,(H,15,16,18);1H,(H,2,3). The summed E-state index contributed by atoms with van der Waals surface area (Å²) in [6.07, 6.45) is 0.381. The van der Waals surface area contributed by atoms with Gasteiger partial charge in [-0.2, -0.15) is 4.80 Å². The van der Waals surface area contributed by atoms with E-state index in [-0.39, 0.29) is 23.8 Å². The Hall–Kier alpha value is -2.64. The highest BCUT2D eigenvalue weighted by atomic mass is 35.5. The molecule has 0 bridgehead atoms. The quantitative estimate of drug-likeness (QED) is 0.553. The van der Waals surface area contributed by atoms with Gasteiger partial charge in [-0.25, -0.2) is 4.98 Å². The van der Waals surface area contributed by atoms with Gasteiger partial charge < -0.3 is 19.5 Å². The van der Waals surface area contributed by atoms with Crippen LogP contribution in [0.2, 0.25) is 5.28 Å². The van der Waals surface area contributed by atoms with Crippen molar-refractivity contribution in [1.29, 1.82) is 0 Å². The van der Waals surface area contributed by atoms with Crippen LogP contribution in [0.5, 0.6) is 0 Å². The molecule has 1 aliphatic rings. The summed E-state index contributed by atoms with van der Waals surface area (Å²) in [6, 6.07) is 0. The van der Waals surface area contributed by atoms with Crippen molar-refractivity contribution in [2.45, 2.75) is 25.5 Å². The lowest BCUT2D eigenvalue weighted by Crippen LogP contribution is -2.42. The number of amides is 1. The highest BCUT2D eigenvalue weighted by Gasteiger charge is 2.28. The number of H-pyrrole nitrogens is 1. The van der Waals surface area contributed by atoms with Crippen molar-refractivity contribution in [3.8, 4) is 0 Å². The Bertz CT molecular complexity index is 754. The van der Waals surface area contributed by atoms with Crippen molar-refractivity contribution in [2.24, 2.45) is 0 Å². The van der Waals surface area contributed by atoms with Crippen LogP contribution in [0.25, 0.3) is 0 Å². The lowest BCUT2D eigenvalue weighted by molar-refractivity contribution is -0.139. The third-order valence-electron chi connectivity index (χ3n) is 3.75. The Morgan fingerprint density at radius 1 is 1.54 bits per heavy atom. The van der Waals surface area contributed by atoms with E-state index in [1.54, 1.807) is 12.0 Å². The Kier molecular flexibility index (Phi) is 8.71. The van der Waals surface area contributed by atoms with E-state index < -0.39 is 0 Å². The number of carbonyl (C=O) groups is 2. The van der Waals surface area contributed by atoms with Gasteiger partial charge in [0.15, 0.2) is 0 Å². The second-order valence-corrected chi connectivity index (χ2v) is 5.93. The Balaban J connectivity index is 0.000000878. The molecule has 3 heterocycles. The lowest BCUT2D eigenvalue weighted by atomic mass is 10.2. The van der Waals surface area contributed by atoms with E-state index in [9.17, 15) is 4.79 Å². The first-order valence-electron chi connectivity index (χ1n) is 8.38. The molecule has 1 aliphatic heterocycles. The van der Waals surface area contributed by atoms with E-state index in [2.05, 4.69) is 30.6 Å². The van der Waals surface area contributed by atoms with Crippen LogP contribution in [0.3, 0.4) is 0 Å². The fourth-order valence-corrected chi connectivity index (χ4v) is 2.60. The minimum atomic E-state index is -0.381. The Morgan fingerprint density at radius 3 is 3.00 bits per heavy atom. The molecule has 2 N–H and O–H groups in total. The largest absolute Gasteiger partial charge is 0.483 e. The topological polar surface area (TPSA) is 161 Å². The summed E-state index contributed by atoms with van der Waals surface area (Å²) in [4.78, 5) is 27.9. The van der Waals surface area contributed by atoms with E-state index in [4.69, 9.17) is 31.0 Å². The summed E-state index contributed by atoms with van der Waals surface area (Å²) in [5, 5.41) is 25.7. The molecule has 2 aromatic rings. The number of carbonyl (C=O) groups excluding carboxylic acids is 1. The smallest absolute Gasteiger partial charge is 0.290 e. The second-order valence-electron chi connectivity index (χ2n) is 5.59. The second kappa shape index (κ2) is 11.3. The number of morpholine rings is 1. The third-order valence-corrected chi connectivity index (χ3v) is 3.92. The van der Waals surface area contributed by atoms with E-state index in [1.807, 2.05) is 0 Å². The number of aromatic amines is 1. The van der Waals surface area contributed by atoms with Crippen molar-refractivity contribution in [2.75, 3.05) is 33.4 Å². The molecule has 1 unspecified atom stereocenters. The number of nitrogens with one attached hydrogen (secondary N) is 1. The van der Waals surface area contributed by atoms with Gasteiger partial charge in [-0.3, -0.25) is 14.7 Å². The van der Waals surface area contributed by atoms with E-state index in [0.717, 1.165) is 0 Å². The number of tetrazole rings is 1. The molecular weight excluding hydrogens is 396 g/mol. The Labute approximate surface area is 165 Å². The molecular formula is C14H21ClN8O5. The van der Waals surface area contributed by atoms with Gasteiger partial charge in [-0.1, -0.05) is 0 Å². The minimum Gasteiger partial charge on any atom is -0.483 e. The molecule has 13 nitrogen and oxygen atoms in total. The molecule has 28 heavy (non-hydrogen) atoms. The van der Waals surface area contributed by atoms with Crippen LogP contribution in [-0.2, 0) is 32.0 Å².